The third-order valence-electron chi connectivity index (χ3n) is 3.57. The lowest BCUT2D eigenvalue weighted by molar-refractivity contribution is 0.480. The molecule has 0 nitrogen and oxygen atoms in total. The zero-order valence-corrected chi connectivity index (χ0v) is 6.48. The van der Waals surface area contributed by atoms with Crippen LogP contribution in [0.2, 0.25) is 0 Å². The molecule has 2 aliphatic rings. The topological polar surface area (TPSA) is 0 Å². The van der Waals surface area contributed by atoms with Crippen molar-refractivity contribution in [3.8, 4) is 0 Å². The van der Waals surface area contributed by atoms with Crippen LogP contribution in [0, 0.1) is 17.3 Å². The molecule has 9 heavy (non-hydrogen) atoms. The van der Waals surface area contributed by atoms with Gasteiger partial charge in [-0.05, 0) is 30.1 Å². The molecule has 0 radical (unpaired) electrons. The molecule has 0 aromatic carbocycles. The largest absolute Gasteiger partial charge is 0.0594 e. The van der Waals surface area contributed by atoms with Gasteiger partial charge >= 0.3 is 0 Å². The fourth-order valence-corrected chi connectivity index (χ4v) is 2.73. The molecule has 0 aromatic rings. The van der Waals surface area contributed by atoms with Crippen LogP contribution in [0.3, 0.4) is 0 Å². The summed E-state index contributed by atoms with van der Waals surface area (Å²) in [6.07, 6.45) is 6.06. The van der Waals surface area contributed by atoms with E-state index in [1.165, 1.54) is 25.7 Å². The quantitative estimate of drug-likeness (QED) is 0.466. The molecule has 2 atom stereocenters. The average Bonchev–Trinajstić information content (AvgIpc) is 2.39. The van der Waals surface area contributed by atoms with E-state index < -0.39 is 0 Å². The SMILES string of the molecule is CC1(C)C2CCCCC21. The highest BCUT2D eigenvalue weighted by molar-refractivity contribution is 5.05. The van der Waals surface area contributed by atoms with Crippen LogP contribution in [-0.2, 0) is 0 Å². The maximum absolute atomic E-state index is 2.44. The maximum atomic E-state index is 2.44. The van der Waals surface area contributed by atoms with Gasteiger partial charge in [0.15, 0.2) is 0 Å². The summed E-state index contributed by atoms with van der Waals surface area (Å²) in [6.45, 7) is 4.88. The monoisotopic (exact) mass is 124 g/mol. The van der Waals surface area contributed by atoms with Gasteiger partial charge in [-0.1, -0.05) is 26.7 Å². The predicted molar refractivity (Wildman–Crippen MR) is 39.2 cm³/mol. The van der Waals surface area contributed by atoms with Crippen LogP contribution in [-0.4, -0.2) is 0 Å². The molecule has 2 rings (SSSR count). The first-order valence-electron chi connectivity index (χ1n) is 4.23. The molecule has 0 amide bonds. The molecule has 0 spiro atoms. The van der Waals surface area contributed by atoms with Gasteiger partial charge in [-0.2, -0.15) is 0 Å². The molecule has 0 heterocycles. The summed E-state index contributed by atoms with van der Waals surface area (Å²) < 4.78 is 0. The van der Waals surface area contributed by atoms with E-state index in [0.717, 1.165) is 17.3 Å². The minimum absolute atomic E-state index is 0.747. The van der Waals surface area contributed by atoms with Crippen molar-refractivity contribution in [2.45, 2.75) is 39.5 Å². The first-order valence-corrected chi connectivity index (χ1v) is 4.23. The fourth-order valence-electron chi connectivity index (χ4n) is 2.73. The van der Waals surface area contributed by atoms with Crippen LogP contribution in [0.15, 0.2) is 0 Å². The number of rotatable bonds is 0. The Bertz CT molecular complexity index is 110. The summed E-state index contributed by atoms with van der Waals surface area (Å²) in [5.74, 6) is 2.23. The van der Waals surface area contributed by atoms with Crippen LogP contribution in [0.5, 0.6) is 0 Å². The second kappa shape index (κ2) is 1.53. The van der Waals surface area contributed by atoms with Crippen molar-refractivity contribution >= 4 is 0 Å². The van der Waals surface area contributed by atoms with Crippen molar-refractivity contribution < 1.29 is 0 Å². The van der Waals surface area contributed by atoms with Crippen LogP contribution in [0.25, 0.3) is 0 Å². The highest BCUT2D eigenvalue weighted by Gasteiger charge is 2.57. The Balaban J connectivity index is 2.06. The third-order valence-corrected chi connectivity index (χ3v) is 3.57. The minimum Gasteiger partial charge on any atom is -0.0594 e. The molecule has 0 N–H and O–H groups in total. The Morgan fingerprint density at radius 1 is 1.00 bits per heavy atom. The van der Waals surface area contributed by atoms with Crippen LogP contribution in [0.1, 0.15) is 39.5 Å². The smallest absolute Gasteiger partial charge is 0.0292 e. The lowest BCUT2D eigenvalue weighted by atomic mass is 10.0. The lowest BCUT2D eigenvalue weighted by Gasteiger charge is -2.04. The molecule has 52 valence electrons. The van der Waals surface area contributed by atoms with Crippen LogP contribution in [0.4, 0.5) is 0 Å². The van der Waals surface area contributed by atoms with Crippen molar-refractivity contribution in [1.82, 2.24) is 0 Å². The first-order chi connectivity index (χ1) is 4.23. The molecule has 0 heteroatoms. The van der Waals surface area contributed by atoms with E-state index >= 15 is 0 Å². The van der Waals surface area contributed by atoms with Gasteiger partial charge in [-0.25, -0.2) is 0 Å². The van der Waals surface area contributed by atoms with E-state index in [9.17, 15) is 0 Å². The van der Waals surface area contributed by atoms with Gasteiger partial charge in [0, 0.05) is 0 Å². The minimum atomic E-state index is 0.747. The highest BCUT2D eigenvalue weighted by atomic mass is 14.6. The Morgan fingerprint density at radius 2 is 1.44 bits per heavy atom. The fraction of sp³-hybridized carbons (Fsp3) is 1.00. The molecule has 0 aromatic heterocycles. The molecular formula is C9H16. The van der Waals surface area contributed by atoms with Gasteiger partial charge in [0.05, 0.1) is 0 Å². The van der Waals surface area contributed by atoms with Crippen LogP contribution >= 0.6 is 0 Å². The summed E-state index contributed by atoms with van der Waals surface area (Å²) in [4.78, 5) is 0. The zero-order valence-electron chi connectivity index (χ0n) is 6.48. The second-order valence-corrected chi connectivity index (χ2v) is 4.32. The van der Waals surface area contributed by atoms with Crippen molar-refractivity contribution in [3.63, 3.8) is 0 Å². The van der Waals surface area contributed by atoms with E-state index in [2.05, 4.69) is 13.8 Å². The van der Waals surface area contributed by atoms with E-state index in [0.29, 0.717) is 0 Å². The molecule has 0 bridgehead atoms. The Kier molecular flexibility index (Phi) is 0.980. The van der Waals surface area contributed by atoms with E-state index in [-0.39, 0.29) is 0 Å². The number of hydrogen-bond acceptors (Lipinski definition) is 0. The summed E-state index contributed by atoms with van der Waals surface area (Å²) in [7, 11) is 0. The molecule has 2 fully saturated rings. The van der Waals surface area contributed by atoms with E-state index in [1.807, 2.05) is 0 Å². The molecule has 0 saturated heterocycles. The van der Waals surface area contributed by atoms with Gasteiger partial charge in [-0.15, -0.1) is 0 Å². The van der Waals surface area contributed by atoms with Gasteiger partial charge in [0.2, 0.25) is 0 Å². The van der Waals surface area contributed by atoms with Crippen molar-refractivity contribution in [2.24, 2.45) is 17.3 Å². The van der Waals surface area contributed by atoms with E-state index in [1.54, 1.807) is 0 Å². The molecule has 0 aliphatic heterocycles. The summed E-state index contributed by atoms with van der Waals surface area (Å²) in [5.41, 5.74) is 0.747. The highest BCUT2D eigenvalue weighted by Crippen LogP contribution is 2.64. The van der Waals surface area contributed by atoms with Crippen molar-refractivity contribution in [2.75, 3.05) is 0 Å². The average molecular weight is 124 g/mol. The third kappa shape index (κ3) is 0.653. The van der Waals surface area contributed by atoms with Crippen LogP contribution < -0.4 is 0 Å². The standard InChI is InChI=1S/C9H16/c1-9(2)7-5-3-4-6-8(7)9/h7-8H,3-6H2,1-2H3. The summed E-state index contributed by atoms with van der Waals surface area (Å²) in [5, 5.41) is 0. The van der Waals surface area contributed by atoms with Gasteiger partial charge in [-0.3, -0.25) is 0 Å². The second-order valence-electron chi connectivity index (χ2n) is 4.32. The van der Waals surface area contributed by atoms with E-state index in [4.69, 9.17) is 0 Å². The molecule has 2 saturated carbocycles. The Hall–Kier alpha value is 0. The lowest BCUT2D eigenvalue weighted by Crippen LogP contribution is -1.91. The van der Waals surface area contributed by atoms with Crippen molar-refractivity contribution in [1.29, 1.82) is 0 Å². The van der Waals surface area contributed by atoms with Gasteiger partial charge in [0.1, 0.15) is 0 Å². The normalized spacial score (nSPS) is 46.0. The van der Waals surface area contributed by atoms with Crippen molar-refractivity contribution in [3.05, 3.63) is 0 Å². The van der Waals surface area contributed by atoms with Gasteiger partial charge in [0.25, 0.3) is 0 Å². The Morgan fingerprint density at radius 3 is 1.78 bits per heavy atom. The van der Waals surface area contributed by atoms with Gasteiger partial charge < -0.3 is 0 Å². The molecular weight excluding hydrogens is 108 g/mol. The zero-order chi connectivity index (χ0) is 6.48. The Labute approximate surface area is 57.6 Å². The molecule has 2 unspecified atom stereocenters. The number of fused-ring (bicyclic) bond motifs is 1. The summed E-state index contributed by atoms with van der Waals surface area (Å²) in [6, 6.07) is 0. The predicted octanol–water partition coefficient (Wildman–Crippen LogP) is 2.83. The number of hydrogen-bond donors (Lipinski definition) is 0. The first kappa shape index (κ1) is 5.76. The molecule has 2 aliphatic carbocycles. The maximum Gasteiger partial charge on any atom is -0.0292 e. The summed E-state index contributed by atoms with van der Waals surface area (Å²) >= 11 is 0.